The van der Waals surface area contributed by atoms with E-state index in [4.69, 9.17) is 4.62 Å². The molecule has 0 radical (unpaired) electrons. The molecule has 24 heavy (non-hydrogen) atoms. The van der Waals surface area contributed by atoms with Crippen molar-refractivity contribution in [3.8, 4) is 0 Å². The van der Waals surface area contributed by atoms with E-state index in [1.54, 1.807) is 0 Å². The molecule has 4 nitrogen and oxygen atoms in total. The molecule has 0 heterocycles. The maximum atomic E-state index is 11.5. The Kier molecular flexibility index (Phi) is 8.69. The zero-order valence-corrected chi connectivity index (χ0v) is 16.5. The van der Waals surface area contributed by atoms with Gasteiger partial charge in [0.05, 0.1) is 0 Å². The van der Waals surface area contributed by atoms with Crippen molar-refractivity contribution in [1.82, 2.24) is 0 Å². The van der Waals surface area contributed by atoms with Crippen molar-refractivity contribution < 1.29 is 9.71 Å². The summed E-state index contributed by atoms with van der Waals surface area (Å²) in [6, 6.07) is 10.2. The molecule has 0 amide bonds. The van der Waals surface area contributed by atoms with Gasteiger partial charge in [-0.15, -0.1) is 0 Å². The summed E-state index contributed by atoms with van der Waals surface area (Å²) in [6.45, 7) is 3.55. The summed E-state index contributed by atoms with van der Waals surface area (Å²) in [5.41, 5.74) is 1.18. The number of hydrogen-bond donors (Lipinski definition) is 0. The van der Waals surface area contributed by atoms with Crippen LogP contribution in [0.2, 0.25) is 0 Å². The van der Waals surface area contributed by atoms with Crippen LogP contribution in [0.3, 0.4) is 0 Å². The molecule has 0 spiro atoms. The Labute approximate surface area is 147 Å². The van der Waals surface area contributed by atoms with Crippen LogP contribution in [0.15, 0.2) is 30.3 Å². The third kappa shape index (κ3) is 6.05. The predicted octanol–water partition coefficient (Wildman–Crippen LogP) is 6.26. The number of unbranched alkanes of at least 4 members (excludes halogenated alkanes) is 3. The molecule has 0 aliphatic rings. The number of nitrogens with zero attached hydrogens (tertiary/aromatic N) is 1. The van der Waals surface area contributed by atoms with Crippen LogP contribution in [-0.4, -0.2) is 23.6 Å². The Morgan fingerprint density at radius 2 is 1.38 bits per heavy atom. The molecule has 1 rings (SSSR count). The van der Waals surface area contributed by atoms with Gasteiger partial charge in [0.25, 0.3) is 0 Å². The first-order chi connectivity index (χ1) is 11.5. The first kappa shape index (κ1) is 20.9. The van der Waals surface area contributed by atoms with Gasteiger partial charge >= 0.3 is 146 Å². The van der Waals surface area contributed by atoms with E-state index < -0.39 is 11.9 Å². The van der Waals surface area contributed by atoms with Gasteiger partial charge in [-0.25, -0.2) is 0 Å². The monoisotopic (exact) mass is 355 g/mol. The van der Waals surface area contributed by atoms with Crippen LogP contribution in [0.5, 0.6) is 0 Å². The van der Waals surface area contributed by atoms with Crippen LogP contribution in [0.1, 0.15) is 64.9 Å². The Balaban J connectivity index is 3.32. The first-order valence-corrected chi connectivity index (χ1v) is 12.3. The van der Waals surface area contributed by atoms with E-state index in [0.717, 1.165) is 63.2 Å². The molecule has 0 atom stereocenters. The fourth-order valence-corrected chi connectivity index (χ4v) is 9.94. The first-order valence-electron chi connectivity index (χ1n) is 9.38. The van der Waals surface area contributed by atoms with Gasteiger partial charge in [-0.2, -0.15) is 0 Å². The van der Waals surface area contributed by atoms with Crippen molar-refractivity contribution in [3.63, 3.8) is 0 Å². The zero-order valence-electron chi connectivity index (χ0n) is 15.6. The van der Waals surface area contributed by atoms with E-state index in [2.05, 4.69) is 32.9 Å². The molecule has 0 aromatic heterocycles. The van der Waals surface area contributed by atoms with E-state index in [0.29, 0.717) is 0 Å². The molecule has 0 saturated carbocycles. The van der Waals surface area contributed by atoms with Crippen LogP contribution in [0.25, 0.3) is 0 Å². The second kappa shape index (κ2) is 9.98. The zero-order chi connectivity index (χ0) is 17.9. The van der Waals surface area contributed by atoms with Crippen LogP contribution in [0, 0.1) is 10.1 Å². The Morgan fingerprint density at radius 1 is 0.917 bits per heavy atom. The summed E-state index contributed by atoms with van der Waals surface area (Å²) >= 11 is 0. The fraction of sp³-hybridized carbons (Fsp3) is 0.684. The molecule has 0 unspecified atom stereocenters. The van der Waals surface area contributed by atoms with Gasteiger partial charge in [-0.1, -0.05) is 0 Å². The number of rotatable bonds is 13. The number of hydrogen-bond acceptors (Lipinski definition) is 3. The summed E-state index contributed by atoms with van der Waals surface area (Å²) < 4.78 is 5.79. The molecular weight excluding hydrogens is 321 g/mol. The van der Waals surface area contributed by atoms with Gasteiger partial charge < -0.3 is 0 Å². The van der Waals surface area contributed by atoms with Crippen LogP contribution in [-0.2, 0) is 10.8 Å². The maximum absolute atomic E-state index is 11.5. The Hall–Kier alpha value is -1.15. The van der Waals surface area contributed by atoms with Crippen molar-refractivity contribution in [3.05, 3.63) is 46.0 Å². The molecule has 0 aliphatic carbocycles. The standard InChI is InChI=1S/C19H34NO3P/c1-4-7-15-24(16-8-5-2,17-9-6-3,23-20(21)22)18-19-13-11-10-12-14-19/h10-14H,4-9,15-18H2,1-3H3. The molecular formula is C19H34NO3P. The molecule has 138 valence electrons. The van der Waals surface area contributed by atoms with Crippen molar-refractivity contribution in [2.24, 2.45) is 0 Å². The van der Waals surface area contributed by atoms with E-state index >= 15 is 0 Å². The molecule has 0 aliphatic heterocycles. The second-order valence-electron chi connectivity index (χ2n) is 7.04. The minimum atomic E-state index is -2.91. The van der Waals surface area contributed by atoms with Gasteiger partial charge in [0.2, 0.25) is 0 Å². The summed E-state index contributed by atoms with van der Waals surface area (Å²) in [5, 5.41) is 11.0. The minimum absolute atomic E-state index is 0.484. The van der Waals surface area contributed by atoms with Crippen LogP contribution >= 0.6 is 6.83 Å². The van der Waals surface area contributed by atoms with E-state index in [1.807, 2.05) is 18.2 Å². The third-order valence-electron chi connectivity index (χ3n) is 4.95. The van der Waals surface area contributed by atoms with Gasteiger partial charge in [0.1, 0.15) is 0 Å². The molecule has 0 N–H and O–H groups in total. The van der Waals surface area contributed by atoms with E-state index in [9.17, 15) is 10.1 Å². The Morgan fingerprint density at radius 3 is 1.75 bits per heavy atom. The van der Waals surface area contributed by atoms with Crippen LogP contribution in [0.4, 0.5) is 0 Å². The second-order valence-corrected chi connectivity index (χ2v) is 12.6. The van der Waals surface area contributed by atoms with Crippen molar-refractivity contribution in [1.29, 1.82) is 0 Å². The Bertz CT molecular complexity index is 468. The average Bonchev–Trinajstić information content (AvgIpc) is 2.57. The predicted molar refractivity (Wildman–Crippen MR) is 104 cm³/mol. The average molecular weight is 355 g/mol. The van der Waals surface area contributed by atoms with Gasteiger partial charge in [-0.05, 0) is 0 Å². The SMILES string of the molecule is CCCCP(CCCC)(CCCC)(Cc1ccccc1)O[N+](=O)[O-]. The normalized spacial score (nSPS) is 13.2. The molecule has 0 fully saturated rings. The topological polar surface area (TPSA) is 52.4 Å². The molecule has 1 aromatic carbocycles. The van der Waals surface area contributed by atoms with Gasteiger partial charge in [-0.3, -0.25) is 0 Å². The van der Waals surface area contributed by atoms with Gasteiger partial charge in [0, 0.05) is 0 Å². The van der Waals surface area contributed by atoms with Crippen molar-refractivity contribution in [2.45, 2.75) is 65.5 Å². The summed E-state index contributed by atoms with van der Waals surface area (Å²) in [6.07, 6.45) is 9.52. The van der Waals surface area contributed by atoms with Crippen molar-refractivity contribution in [2.75, 3.05) is 18.5 Å². The third-order valence-corrected chi connectivity index (χ3v) is 11.1. The summed E-state index contributed by atoms with van der Waals surface area (Å²) in [7, 11) is 0. The molecule has 0 bridgehead atoms. The number of benzene rings is 1. The summed E-state index contributed by atoms with van der Waals surface area (Å²) in [4.78, 5) is 11.5. The molecule has 0 saturated heterocycles. The summed E-state index contributed by atoms with van der Waals surface area (Å²) in [5.74, 6) is 0. The fourth-order valence-electron chi connectivity index (χ4n) is 3.63. The van der Waals surface area contributed by atoms with Crippen LogP contribution < -0.4 is 0 Å². The molecule has 1 aromatic rings. The van der Waals surface area contributed by atoms with E-state index in [1.165, 1.54) is 5.56 Å². The van der Waals surface area contributed by atoms with Gasteiger partial charge in [0.15, 0.2) is 0 Å². The molecule has 5 heteroatoms. The van der Waals surface area contributed by atoms with Crippen molar-refractivity contribution >= 4 is 6.83 Å². The quantitative estimate of drug-likeness (QED) is 0.238. The van der Waals surface area contributed by atoms with E-state index in [-0.39, 0.29) is 0 Å².